The van der Waals surface area contributed by atoms with E-state index in [1.165, 1.54) is 4.31 Å². The summed E-state index contributed by atoms with van der Waals surface area (Å²) in [7, 11) is -3.10. The highest BCUT2D eigenvalue weighted by atomic mass is 32.2. The minimum Gasteiger partial charge on any atom is -0.246 e. The fourth-order valence-electron chi connectivity index (χ4n) is 2.46. The van der Waals surface area contributed by atoms with Gasteiger partial charge in [-0.15, -0.1) is 5.10 Å². The predicted molar refractivity (Wildman–Crippen MR) is 84.8 cm³/mol. The first kappa shape index (κ1) is 15.2. The van der Waals surface area contributed by atoms with Crippen LogP contribution in [0, 0.1) is 0 Å². The second-order valence-electron chi connectivity index (χ2n) is 5.59. The molecule has 0 atom stereocenters. The number of hydrogen-bond donors (Lipinski definition) is 0. The monoisotopic (exact) mass is 320 g/mol. The molecule has 3 rings (SSSR count). The van der Waals surface area contributed by atoms with Crippen LogP contribution in [0.3, 0.4) is 0 Å². The van der Waals surface area contributed by atoms with Crippen molar-refractivity contribution in [1.29, 1.82) is 0 Å². The fourth-order valence-corrected chi connectivity index (χ4v) is 4.17. The van der Waals surface area contributed by atoms with Gasteiger partial charge in [-0.3, -0.25) is 0 Å². The van der Waals surface area contributed by atoms with Crippen LogP contribution in [0.15, 0.2) is 36.5 Å². The van der Waals surface area contributed by atoms with Gasteiger partial charge < -0.3 is 0 Å². The summed E-state index contributed by atoms with van der Waals surface area (Å²) in [5, 5.41) is 8.31. The van der Waals surface area contributed by atoms with Crippen molar-refractivity contribution in [1.82, 2.24) is 19.3 Å². The van der Waals surface area contributed by atoms with Crippen LogP contribution in [-0.2, 0) is 10.0 Å². The largest absolute Gasteiger partial charge is 0.246 e. The third-order valence-corrected chi connectivity index (χ3v) is 5.82. The fraction of sp³-hybridized carbons (Fsp3) is 0.467. The minimum absolute atomic E-state index is 0.0846. The Hall–Kier alpha value is -1.73. The van der Waals surface area contributed by atoms with E-state index in [1.807, 2.05) is 43.5 Å². The Morgan fingerprint density at radius 1 is 1.23 bits per heavy atom. The summed E-state index contributed by atoms with van der Waals surface area (Å²) >= 11 is 0. The molecule has 1 aromatic heterocycles. The van der Waals surface area contributed by atoms with E-state index in [0.717, 1.165) is 17.7 Å². The molecule has 0 radical (unpaired) electrons. The number of sulfonamides is 1. The quantitative estimate of drug-likeness (QED) is 0.815. The van der Waals surface area contributed by atoms with Crippen LogP contribution in [-0.4, -0.2) is 46.6 Å². The normalized spacial score (nSPS) is 16.6. The molecule has 0 aliphatic carbocycles. The topological polar surface area (TPSA) is 68.1 Å². The maximum Gasteiger partial charge on any atom is 0.214 e. The predicted octanol–water partition coefficient (Wildman–Crippen LogP) is 1.93. The molecule has 1 aromatic carbocycles. The standard InChI is InChI=1S/C15H20N4O2S/c1-2-3-9-22(20,21)18-10-14(11-18)19-12-15(16-17-19)13-7-5-4-6-8-13/h4-8,12,14H,2-3,9-11H2,1H3. The summed E-state index contributed by atoms with van der Waals surface area (Å²) in [6.45, 7) is 2.97. The number of unbranched alkanes of at least 4 members (excludes halogenated alkanes) is 1. The van der Waals surface area contributed by atoms with Crippen LogP contribution < -0.4 is 0 Å². The van der Waals surface area contributed by atoms with Crippen molar-refractivity contribution in [2.24, 2.45) is 0 Å². The van der Waals surface area contributed by atoms with Crippen molar-refractivity contribution < 1.29 is 8.42 Å². The van der Waals surface area contributed by atoms with Gasteiger partial charge >= 0.3 is 0 Å². The Morgan fingerprint density at radius 3 is 2.64 bits per heavy atom. The van der Waals surface area contributed by atoms with Crippen LogP contribution in [0.2, 0.25) is 0 Å². The van der Waals surface area contributed by atoms with E-state index in [4.69, 9.17) is 0 Å². The van der Waals surface area contributed by atoms with Gasteiger partial charge in [0.1, 0.15) is 5.69 Å². The Bertz CT molecular complexity index is 721. The first-order chi connectivity index (χ1) is 10.6. The molecule has 1 fully saturated rings. The average molecular weight is 320 g/mol. The lowest BCUT2D eigenvalue weighted by molar-refractivity contribution is 0.189. The van der Waals surface area contributed by atoms with Gasteiger partial charge in [-0.2, -0.15) is 4.31 Å². The lowest BCUT2D eigenvalue weighted by atomic mass is 10.1. The Kier molecular flexibility index (Phi) is 4.26. The third-order valence-electron chi connectivity index (χ3n) is 3.93. The van der Waals surface area contributed by atoms with Gasteiger partial charge in [-0.25, -0.2) is 13.1 Å². The molecule has 1 saturated heterocycles. The van der Waals surface area contributed by atoms with Crippen LogP contribution in [0.5, 0.6) is 0 Å². The van der Waals surface area contributed by atoms with E-state index in [2.05, 4.69) is 10.3 Å². The molecule has 0 amide bonds. The van der Waals surface area contributed by atoms with Gasteiger partial charge in [0.05, 0.1) is 18.0 Å². The van der Waals surface area contributed by atoms with Crippen molar-refractivity contribution in [3.05, 3.63) is 36.5 Å². The maximum atomic E-state index is 12.1. The molecule has 118 valence electrons. The zero-order valence-corrected chi connectivity index (χ0v) is 13.4. The zero-order valence-electron chi connectivity index (χ0n) is 12.6. The smallest absolute Gasteiger partial charge is 0.214 e. The van der Waals surface area contributed by atoms with E-state index in [0.29, 0.717) is 19.5 Å². The summed E-state index contributed by atoms with van der Waals surface area (Å²) in [5.41, 5.74) is 1.83. The van der Waals surface area contributed by atoms with Crippen LogP contribution in [0.25, 0.3) is 11.3 Å². The van der Waals surface area contributed by atoms with Gasteiger partial charge in [-0.1, -0.05) is 48.9 Å². The SMILES string of the molecule is CCCCS(=O)(=O)N1CC(n2cc(-c3ccccc3)nn2)C1. The molecule has 1 aliphatic rings. The average Bonchev–Trinajstić information content (AvgIpc) is 2.94. The van der Waals surface area contributed by atoms with Crippen LogP contribution >= 0.6 is 0 Å². The summed E-state index contributed by atoms with van der Waals surface area (Å²) in [6, 6.07) is 9.92. The summed E-state index contributed by atoms with van der Waals surface area (Å²) in [6.07, 6.45) is 3.49. The van der Waals surface area contributed by atoms with Crippen molar-refractivity contribution in [2.45, 2.75) is 25.8 Å². The number of hydrogen-bond acceptors (Lipinski definition) is 4. The number of benzene rings is 1. The Balaban J connectivity index is 1.63. The van der Waals surface area contributed by atoms with Crippen LogP contribution in [0.4, 0.5) is 0 Å². The molecule has 1 aliphatic heterocycles. The maximum absolute atomic E-state index is 12.1. The molecular formula is C15H20N4O2S. The van der Waals surface area contributed by atoms with Gasteiger partial charge in [0.25, 0.3) is 0 Å². The van der Waals surface area contributed by atoms with Crippen molar-refractivity contribution in [2.75, 3.05) is 18.8 Å². The second-order valence-corrected chi connectivity index (χ2v) is 7.68. The molecule has 2 heterocycles. The molecule has 0 unspecified atom stereocenters. The van der Waals surface area contributed by atoms with E-state index < -0.39 is 10.0 Å². The van der Waals surface area contributed by atoms with Crippen molar-refractivity contribution in [3.8, 4) is 11.3 Å². The zero-order chi connectivity index (χ0) is 15.6. The van der Waals surface area contributed by atoms with E-state index in [-0.39, 0.29) is 11.8 Å². The molecule has 7 heteroatoms. The molecule has 0 saturated carbocycles. The molecule has 0 N–H and O–H groups in total. The van der Waals surface area contributed by atoms with Gasteiger partial charge in [0.15, 0.2) is 0 Å². The Labute approximate surface area is 130 Å². The van der Waals surface area contributed by atoms with Gasteiger partial charge in [0.2, 0.25) is 10.0 Å². The van der Waals surface area contributed by atoms with Gasteiger partial charge in [0, 0.05) is 18.7 Å². The number of rotatable bonds is 6. The highest BCUT2D eigenvalue weighted by Gasteiger charge is 2.36. The first-order valence-electron chi connectivity index (χ1n) is 7.55. The second kappa shape index (κ2) is 6.18. The summed E-state index contributed by atoms with van der Waals surface area (Å²) in [5.74, 6) is 0.239. The minimum atomic E-state index is -3.10. The highest BCUT2D eigenvalue weighted by molar-refractivity contribution is 7.89. The first-order valence-corrected chi connectivity index (χ1v) is 9.16. The summed E-state index contributed by atoms with van der Waals surface area (Å²) < 4.78 is 27.4. The van der Waals surface area contributed by atoms with Crippen molar-refractivity contribution >= 4 is 10.0 Å². The lowest BCUT2D eigenvalue weighted by Gasteiger charge is -2.37. The van der Waals surface area contributed by atoms with Crippen LogP contribution in [0.1, 0.15) is 25.8 Å². The third kappa shape index (κ3) is 3.05. The number of nitrogens with zero attached hydrogens (tertiary/aromatic N) is 4. The number of aromatic nitrogens is 3. The molecule has 22 heavy (non-hydrogen) atoms. The van der Waals surface area contributed by atoms with E-state index >= 15 is 0 Å². The van der Waals surface area contributed by atoms with E-state index in [1.54, 1.807) is 4.68 Å². The molecule has 0 spiro atoms. The highest BCUT2D eigenvalue weighted by Crippen LogP contribution is 2.26. The summed E-state index contributed by atoms with van der Waals surface area (Å²) in [4.78, 5) is 0. The molecule has 6 nitrogen and oxygen atoms in total. The van der Waals surface area contributed by atoms with Crippen molar-refractivity contribution in [3.63, 3.8) is 0 Å². The molecule has 2 aromatic rings. The Morgan fingerprint density at radius 2 is 1.95 bits per heavy atom. The van der Waals surface area contributed by atoms with Gasteiger partial charge in [-0.05, 0) is 6.42 Å². The molecule has 0 bridgehead atoms. The lowest BCUT2D eigenvalue weighted by Crippen LogP contribution is -2.51. The molecular weight excluding hydrogens is 300 g/mol. The van der Waals surface area contributed by atoms with E-state index in [9.17, 15) is 8.42 Å².